The van der Waals surface area contributed by atoms with E-state index in [1.807, 2.05) is 30.5 Å². The van der Waals surface area contributed by atoms with E-state index in [0.29, 0.717) is 21.5 Å². The zero-order chi connectivity index (χ0) is 16.1. The molecule has 0 saturated carbocycles. The van der Waals surface area contributed by atoms with Crippen LogP contribution in [0.15, 0.2) is 47.4 Å². The Kier molecular flexibility index (Phi) is 6.00. The van der Waals surface area contributed by atoms with Crippen molar-refractivity contribution < 1.29 is 9.53 Å². The molecule has 0 aliphatic heterocycles. The van der Waals surface area contributed by atoms with Crippen LogP contribution >= 0.6 is 35.0 Å². The Labute approximate surface area is 144 Å². The number of halogens is 2. The minimum atomic E-state index is -0.646. The first-order chi connectivity index (χ1) is 10.5. The van der Waals surface area contributed by atoms with E-state index in [4.69, 9.17) is 27.9 Å². The van der Waals surface area contributed by atoms with Crippen molar-refractivity contribution in [2.75, 3.05) is 11.6 Å². The predicted octanol–water partition coefficient (Wildman–Crippen LogP) is 5.12. The lowest BCUT2D eigenvalue weighted by atomic mass is 10.3. The predicted molar refractivity (Wildman–Crippen MR) is 93.4 cm³/mol. The molecule has 2 rings (SSSR count). The topological polar surface area (TPSA) is 38.3 Å². The molecule has 1 atom stereocenters. The molecule has 3 nitrogen and oxygen atoms in total. The Morgan fingerprint density at radius 1 is 1.18 bits per heavy atom. The molecule has 0 aliphatic carbocycles. The van der Waals surface area contributed by atoms with E-state index in [-0.39, 0.29) is 5.91 Å². The van der Waals surface area contributed by atoms with Crippen molar-refractivity contribution in [3.05, 3.63) is 52.5 Å². The Morgan fingerprint density at radius 3 is 2.45 bits per heavy atom. The summed E-state index contributed by atoms with van der Waals surface area (Å²) < 4.78 is 5.62. The standard InChI is InChI=1S/C16H15Cl2NO2S/c1-10(21-12-4-6-13(22-2)7-5-12)16(20)19-15-8-3-11(17)9-14(15)18/h3-10H,1-2H3,(H,19,20)/t10-/m1/s1. The molecule has 0 aliphatic rings. The molecule has 0 fully saturated rings. The number of hydrogen-bond acceptors (Lipinski definition) is 3. The van der Waals surface area contributed by atoms with Gasteiger partial charge >= 0.3 is 0 Å². The van der Waals surface area contributed by atoms with E-state index in [1.54, 1.807) is 36.9 Å². The van der Waals surface area contributed by atoms with Crippen molar-refractivity contribution in [3.8, 4) is 5.75 Å². The van der Waals surface area contributed by atoms with Crippen LogP contribution in [0.1, 0.15) is 6.92 Å². The van der Waals surface area contributed by atoms with E-state index in [9.17, 15) is 4.79 Å². The van der Waals surface area contributed by atoms with E-state index in [1.165, 1.54) is 0 Å². The number of rotatable bonds is 5. The summed E-state index contributed by atoms with van der Waals surface area (Å²) in [5.74, 6) is 0.362. The summed E-state index contributed by atoms with van der Waals surface area (Å²) in [7, 11) is 0. The second-order valence-electron chi connectivity index (χ2n) is 4.55. The number of thioether (sulfide) groups is 1. The number of anilines is 1. The molecule has 0 bridgehead atoms. The highest BCUT2D eigenvalue weighted by Gasteiger charge is 2.16. The van der Waals surface area contributed by atoms with Crippen molar-refractivity contribution in [1.29, 1.82) is 0 Å². The van der Waals surface area contributed by atoms with E-state index < -0.39 is 6.10 Å². The highest BCUT2D eigenvalue weighted by molar-refractivity contribution is 7.98. The lowest BCUT2D eigenvalue weighted by Crippen LogP contribution is -2.30. The minimum Gasteiger partial charge on any atom is -0.481 e. The molecule has 1 N–H and O–H groups in total. The number of amides is 1. The number of hydrogen-bond donors (Lipinski definition) is 1. The summed E-state index contributed by atoms with van der Waals surface area (Å²) >= 11 is 13.5. The van der Waals surface area contributed by atoms with Gasteiger partial charge in [0.1, 0.15) is 5.75 Å². The number of carbonyl (C=O) groups excluding carboxylic acids is 1. The summed E-state index contributed by atoms with van der Waals surface area (Å²) in [6, 6.07) is 12.5. The third-order valence-corrected chi connectivity index (χ3v) is 4.22. The van der Waals surface area contributed by atoms with Crippen LogP contribution in [0.2, 0.25) is 10.0 Å². The van der Waals surface area contributed by atoms with Crippen LogP contribution in [0.3, 0.4) is 0 Å². The van der Waals surface area contributed by atoms with Gasteiger partial charge in [0, 0.05) is 9.92 Å². The van der Waals surface area contributed by atoms with Crippen LogP contribution in [-0.2, 0) is 4.79 Å². The third-order valence-electron chi connectivity index (χ3n) is 2.93. The maximum absolute atomic E-state index is 12.1. The first-order valence-electron chi connectivity index (χ1n) is 6.56. The highest BCUT2D eigenvalue weighted by atomic mass is 35.5. The molecular formula is C16H15Cl2NO2S. The number of ether oxygens (including phenoxy) is 1. The summed E-state index contributed by atoms with van der Waals surface area (Å²) in [5, 5.41) is 3.62. The van der Waals surface area contributed by atoms with Gasteiger partial charge in [-0.05, 0) is 55.6 Å². The van der Waals surface area contributed by atoms with Gasteiger partial charge in [-0.1, -0.05) is 23.2 Å². The average molecular weight is 356 g/mol. The minimum absolute atomic E-state index is 0.279. The molecule has 0 heterocycles. The van der Waals surface area contributed by atoms with Crippen molar-refractivity contribution in [1.82, 2.24) is 0 Å². The zero-order valence-electron chi connectivity index (χ0n) is 12.1. The Hall–Kier alpha value is -1.36. The number of carbonyl (C=O) groups is 1. The molecule has 6 heteroatoms. The third kappa shape index (κ3) is 4.57. The van der Waals surface area contributed by atoms with Crippen molar-refractivity contribution in [2.24, 2.45) is 0 Å². The smallest absolute Gasteiger partial charge is 0.265 e. The molecule has 116 valence electrons. The van der Waals surface area contributed by atoms with E-state index in [0.717, 1.165) is 4.90 Å². The normalized spacial score (nSPS) is 11.8. The average Bonchev–Trinajstić information content (AvgIpc) is 2.50. The maximum atomic E-state index is 12.1. The molecule has 0 saturated heterocycles. The van der Waals surface area contributed by atoms with Crippen molar-refractivity contribution in [2.45, 2.75) is 17.9 Å². The van der Waals surface area contributed by atoms with Gasteiger partial charge in [0.05, 0.1) is 10.7 Å². The Bertz CT molecular complexity index is 662. The highest BCUT2D eigenvalue weighted by Crippen LogP contribution is 2.26. The molecule has 0 unspecified atom stereocenters. The van der Waals surface area contributed by atoms with Gasteiger partial charge in [-0.3, -0.25) is 4.79 Å². The van der Waals surface area contributed by atoms with Gasteiger partial charge in [-0.15, -0.1) is 11.8 Å². The van der Waals surface area contributed by atoms with Crippen molar-refractivity contribution in [3.63, 3.8) is 0 Å². The van der Waals surface area contributed by atoms with E-state index >= 15 is 0 Å². The van der Waals surface area contributed by atoms with Gasteiger partial charge in [0.25, 0.3) is 5.91 Å². The molecule has 2 aromatic carbocycles. The summed E-state index contributed by atoms with van der Waals surface area (Å²) in [4.78, 5) is 13.3. The van der Waals surface area contributed by atoms with Crippen LogP contribution < -0.4 is 10.1 Å². The van der Waals surface area contributed by atoms with Gasteiger partial charge in [-0.25, -0.2) is 0 Å². The van der Waals surface area contributed by atoms with Crippen LogP contribution in [0, 0.1) is 0 Å². The molecule has 2 aromatic rings. The molecule has 0 aromatic heterocycles. The summed E-state index contributed by atoms with van der Waals surface area (Å²) in [5.41, 5.74) is 0.504. The second-order valence-corrected chi connectivity index (χ2v) is 6.27. The van der Waals surface area contributed by atoms with Gasteiger partial charge in [-0.2, -0.15) is 0 Å². The van der Waals surface area contributed by atoms with Crippen LogP contribution in [0.4, 0.5) is 5.69 Å². The fourth-order valence-electron chi connectivity index (χ4n) is 1.74. The van der Waals surface area contributed by atoms with Crippen LogP contribution in [0.5, 0.6) is 5.75 Å². The summed E-state index contributed by atoms with van der Waals surface area (Å²) in [6.07, 6.45) is 1.36. The van der Waals surface area contributed by atoms with Gasteiger partial charge in [0.15, 0.2) is 6.10 Å². The Balaban J connectivity index is 1.99. The molecule has 22 heavy (non-hydrogen) atoms. The molecular weight excluding hydrogens is 341 g/mol. The molecule has 0 radical (unpaired) electrons. The summed E-state index contributed by atoms with van der Waals surface area (Å²) in [6.45, 7) is 1.68. The van der Waals surface area contributed by atoms with E-state index in [2.05, 4.69) is 5.32 Å². The lowest BCUT2D eigenvalue weighted by molar-refractivity contribution is -0.122. The first kappa shape index (κ1) is 17.0. The fourth-order valence-corrected chi connectivity index (χ4v) is 2.60. The SMILES string of the molecule is CSc1ccc(O[C@H](C)C(=O)Nc2ccc(Cl)cc2Cl)cc1. The largest absolute Gasteiger partial charge is 0.481 e. The van der Waals surface area contributed by atoms with Crippen LogP contribution in [0.25, 0.3) is 0 Å². The van der Waals surface area contributed by atoms with Gasteiger partial charge < -0.3 is 10.1 Å². The zero-order valence-corrected chi connectivity index (χ0v) is 14.4. The second kappa shape index (κ2) is 7.77. The quantitative estimate of drug-likeness (QED) is 0.756. The monoisotopic (exact) mass is 355 g/mol. The van der Waals surface area contributed by atoms with Crippen molar-refractivity contribution >= 4 is 46.6 Å². The fraction of sp³-hybridized carbons (Fsp3) is 0.188. The van der Waals surface area contributed by atoms with Crippen LogP contribution in [-0.4, -0.2) is 18.3 Å². The number of nitrogens with one attached hydrogen (secondary N) is 1. The maximum Gasteiger partial charge on any atom is 0.265 e. The van der Waals surface area contributed by atoms with Gasteiger partial charge in [0.2, 0.25) is 0 Å². The number of benzene rings is 2. The molecule has 1 amide bonds. The Morgan fingerprint density at radius 2 is 1.86 bits per heavy atom. The molecule has 0 spiro atoms. The lowest BCUT2D eigenvalue weighted by Gasteiger charge is -2.15. The first-order valence-corrected chi connectivity index (χ1v) is 8.54.